The number of fused-ring (bicyclic) bond motifs is 1. The largest absolute Gasteiger partial charge is 0.494 e. The van der Waals surface area contributed by atoms with E-state index in [9.17, 15) is 28.2 Å². The molecule has 0 saturated carbocycles. The first-order valence-corrected chi connectivity index (χ1v) is 18.3. The molecular formula is C41H26F12OS. The maximum Gasteiger partial charge on any atom is 0.315 e. The Morgan fingerprint density at radius 3 is 1.80 bits per heavy atom. The first kappa shape index (κ1) is 39.2. The Morgan fingerprint density at radius 2 is 1.20 bits per heavy atom. The second-order valence-electron chi connectivity index (χ2n) is 12.7. The highest BCUT2D eigenvalue weighted by molar-refractivity contribution is 8.45. The number of unbranched alkanes of at least 4 members (excludes halogenated alkanes) is 1. The molecule has 0 spiro atoms. The second-order valence-corrected chi connectivity index (χ2v) is 15.0. The summed E-state index contributed by atoms with van der Waals surface area (Å²) in [4.78, 5) is -3.35. The van der Waals surface area contributed by atoms with Gasteiger partial charge in [0.05, 0.1) is 23.1 Å². The maximum absolute atomic E-state index is 15.9. The van der Waals surface area contributed by atoms with Gasteiger partial charge in [0.15, 0.2) is 4.90 Å². The third-order valence-corrected chi connectivity index (χ3v) is 9.77. The summed E-state index contributed by atoms with van der Waals surface area (Å²) in [5.74, 6) is -6.30. The van der Waals surface area contributed by atoms with Crippen LogP contribution in [0.4, 0.5) is 50.2 Å². The molecule has 0 radical (unpaired) electrons. The van der Waals surface area contributed by atoms with Crippen molar-refractivity contribution in [1.82, 2.24) is 0 Å². The summed E-state index contributed by atoms with van der Waals surface area (Å²) < 4.78 is 177. The molecule has 6 rings (SSSR count). The van der Waals surface area contributed by atoms with Crippen LogP contribution in [-0.2, 0) is 0 Å². The number of hydrogen-bond acceptors (Lipinski definition) is 1. The maximum atomic E-state index is 15.9. The van der Waals surface area contributed by atoms with Crippen LogP contribution in [0.15, 0.2) is 89.8 Å². The Balaban J connectivity index is 1.31. The van der Waals surface area contributed by atoms with Gasteiger partial charge in [0.2, 0.25) is 0 Å². The highest BCUT2D eigenvalue weighted by Crippen LogP contribution is 3.02. The summed E-state index contributed by atoms with van der Waals surface area (Å²) in [5, 5.41) is -0.953. The van der Waals surface area contributed by atoms with Crippen LogP contribution in [0.1, 0.15) is 36.5 Å². The Kier molecular flexibility index (Phi) is 9.71. The fourth-order valence-electron chi connectivity index (χ4n) is 6.02. The molecule has 0 amide bonds. The van der Waals surface area contributed by atoms with Crippen molar-refractivity contribution in [1.29, 1.82) is 0 Å². The van der Waals surface area contributed by atoms with E-state index in [-0.39, 0.29) is 34.2 Å². The molecule has 0 atom stereocenters. The fraction of sp³-hybridized carbons (Fsp3) is 0.122. The number of benzene rings is 6. The van der Waals surface area contributed by atoms with Crippen LogP contribution < -0.4 is 4.74 Å². The third-order valence-electron chi connectivity index (χ3n) is 8.61. The zero-order chi connectivity index (χ0) is 40.1. The van der Waals surface area contributed by atoms with Crippen LogP contribution in [-0.4, -0.2) is 6.61 Å². The van der Waals surface area contributed by atoms with Crippen LogP contribution in [0.5, 0.6) is 5.75 Å². The molecule has 0 N–H and O–H groups in total. The van der Waals surface area contributed by atoms with Gasteiger partial charge in [-0.3, -0.25) is 0 Å². The van der Waals surface area contributed by atoms with Crippen molar-refractivity contribution in [3.8, 4) is 51.0 Å². The minimum Gasteiger partial charge on any atom is -0.494 e. The number of rotatable bonds is 8. The van der Waals surface area contributed by atoms with Crippen molar-refractivity contribution in [2.75, 3.05) is 6.61 Å². The molecule has 0 heterocycles. The standard InChI is InChI=1S/C41H26F12OS/c1-3-4-13-54-29-9-6-24(7-10-29)25-8-12-31(33(43)18-25)26-17-28-21-35(45)38(40(48)39(28)34(44)19-26)27-14-22(2)30(32(42)20-27)11-5-23-15-36(46)41(37(47)16-23)55(49,50,51,52)53/h6-10,12,14-21H,3-4,13H2,1-2H3. The predicted octanol–water partition coefficient (Wildman–Crippen LogP) is 14.4. The molecule has 0 aliphatic heterocycles. The summed E-state index contributed by atoms with van der Waals surface area (Å²) in [6.45, 7) is 3.82. The minimum absolute atomic E-state index is 0.0203. The normalized spacial score (nSPS) is 12.9. The van der Waals surface area contributed by atoms with E-state index in [0.29, 0.717) is 29.5 Å². The molecular weight excluding hydrogens is 768 g/mol. The van der Waals surface area contributed by atoms with E-state index in [1.165, 1.54) is 25.1 Å². The second kappa shape index (κ2) is 13.6. The summed E-state index contributed by atoms with van der Waals surface area (Å²) in [6, 6.07) is 15.6. The van der Waals surface area contributed by atoms with E-state index in [0.717, 1.165) is 31.0 Å². The van der Waals surface area contributed by atoms with Crippen LogP contribution in [0.3, 0.4) is 0 Å². The number of aryl methyl sites for hydroxylation is 1. The fourth-order valence-corrected chi connectivity index (χ4v) is 6.88. The highest BCUT2D eigenvalue weighted by atomic mass is 32.5. The zero-order valence-corrected chi connectivity index (χ0v) is 29.4. The molecule has 6 aromatic rings. The van der Waals surface area contributed by atoms with Crippen molar-refractivity contribution in [3.05, 3.63) is 142 Å². The van der Waals surface area contributed by atoms with Crippen LogP contribution >= 0.6 is 10.2 Å². The summed E-state index contributed by atoms with van der Waals surface area (Å²) >= 11 is 0. The Bertz CT molecular complexity index is 2530. The third kappa shape index (κ3) is 8.12. The smallest absolute Gasteiger partial charge is 0.315 e. The van der Waals surface area contributed by atoms with E-state index >= 15 is 22.0 Å². The van der Waals surface area contributed by atoms with Crippen LogP contribution in [0, 0.1) is 59.5 Å². The first-order valence-electron chi connectivity index (χ1n) is 16.3. The van der Waals surface area contributed by atoms with Gasteiger partial charge in [-0.15, -0.1) is 0 Å². The van der Waals surface area contributed by atoms with E-state index < -0.39 is 83.5 Å². The summed E-state index contributed by atoms with van der Waals surface area (Å²) in [5.41, 5.74) is -1.61. The van der Waals surface area contributed by atoms with Gasteiger partial charge in [-0.25, -0.2) is 30.7 Å². The molecule has 55 heavy (non-hydrogen) atoms. The van der Waals surface area contributed by atoms with Crippen molar-refractivity contribution < 1.29 is 54.9 Å². The van der Waals surface area contributed by atoms with E-state index in [1.54, 1.807) is 30.3 Å². The average molecular weight is 795 g/mol. The molecule has 0 saturated heterocycles. The van der Waals surface area contributed by atoms with Gasteiger partial charge < -0.3 is 4.74 Å². The molecule has 0 unspecified atom stereocenters. The number of ether oxygens (including phenoxy) is 1. The van der Waals surface area contributed by atoms with Gasteiger partial charge in [-0.05, 0) is 107 Å². The monoisotopic (exact) mass is 794 g/mol. The van der Waals surface area contributed by atoms with Crippen molar-refractivity contribution in [2.45, 2.75) is 31.6 Å². The molecule has 1 nitrogen and oxygen atoms in total. The quantitative estimate of drug-likeness (QED) is 0.0847. The van der Waals surface area contributed by atoms with Gasteiger partial charge >= 0.3 is 10.2 Å². The van der Waals surface area contributed by atoms with E-state index in [2.05, 4.69) is 5.92 Å². The lowest BCUT2D eigenvalue weighted by Gasteiger charge is -2.40. The molecule has 0 bridgehead atoms. The molecule has 286 valence electrons. The zero-order valence-electron chi connectivity index (χ0n) is 28.6. The Hall–Kier alpha value is -5.55. The van der Waals surface area contributed by atoms with Crippen molar-refractivity contribution in [2.24, 2.45) is 0 Å². The average Bonchev–Trinajstić information content (AvgIpc) is 3.06. The molecule has 0 aliphatic carbocycles. The molecule has 0 fully saturated rings. The van der Waals surface area contributed by atoms with Gasteiger partial charge in [-0.2, -0.15) is 0 Å². The number of hydrogen-bond donors (Lipinski definition) is 0. The predicted molar refractivity (Wildman–Crippen MR) is 189 cm³/mol. The topological polar surface area (TPSA) is 9.23 Å². The van der Waals surface area contributed by atoms with Gasteiger partial charge in [-0.1, -0.05) is 68.9 Å². The SMILES string of the molecule is CCCCOc1ccc(-c2ccc(-c3cc(F)c4c(F)c(-c5cc(C)c(C#Cc6cc(F)c(S(F)(F)(F)(F)F)c(F)c6)c(F)c5)c(F)cc4c3)c(F)c2)cc1. The highest BCUT2D eigenvalue weighted by Gasteiger charge is 2.68. The Morgan fingerprint density at radius 1 is 0.582 bits per heavy atom. The van der Waals surface area contributed by atoms with Crippen LogP contribution in [0.25, 0.3) is 44.2 Å². The minimum atomic E-state index is -10.7. The molecule has 14 heteroatoms. The van der Waals surface area contributed by atoms with Gasteiger partial charge in [0, 0.05) is 11.1 Å². The lowest BCUT2D eigenvalue weighted by Crippen LogP contribution is -2.11. The molecule has 0 aromatic heterocycles. The van der Waals surface area contributed by atoms with E-state index in [4.69, 9.17) is 4.74 Å². The van der Waals surface area contributed by atoms with Gasteiger partial charge in [0.1, 0.15) is 46.5 Å². The first-order chi connectivity index (χ1) is 25.6. The molecule has 0 aliphatic rings. The Labute approximate surface area is 306 Å². The van der Waals surface area contributed by atoms with Gasteiger partial charge in [0.25, 0.3) is 0 Å². The van der Waals surface area contributed by atoms with E-state index in [1.807, 2.05) is 12.8 Å². The van der Waals surface area contributed by atoms with Crippen LogP contribution in [0.2, 0.25) is 0 Å². The summed E-state index contributed by atoms with van der Waals surface area (Å²) in [7, 11) is -10.7. The lowest BCUT2D eigenvalue weighted by molar-refractivity contribution is 0.309. The summed E-state index contributed by atoms with van der Waals surface area (Å²) in [6.07, 6.45) is 1.87. The lowest BCUT2D eigenvalue weighted by atomic mass is 9.93. The van der Waals surface area contributed by atoms with Crippen molar-refractivity contribution in [3.63, 3.8) is 0 Å². The van der Waals surface area contributed by atoms with Crippen molar-refractivity contribution >= 4 is 21.0 Å². The number of halogens is 12. The molecule has 6 aromatic carbocycles.